The third-order valence-corrected chi connectivity index (χ3v) is 12.0. The van der Waals surface area contributed by atoms with Crippen LogP contribution in [0.15, 0.2) is 207 Å². The number of anilines is 3. The third-order valence-electron chi connectivity index (χ3n) is 12.0. The Hall–Kier alpha value is -8.02. The van der Waals surface area contributed by atoms with Crippen LogP contribution < -0.4 is 4.90 Å². The van der Waals surface area contributed by atoms with Gasteiger partial charge in [0.25, 0.3) is 0 Å². The number of nitrogens with zero attached hydrogens (tertiary/aromatic N) is 2. The summed E-state index contributed by atoms with van der Waals surface area (Å²) in [5.74, 6) is 0. The number of fused-ring (bicyclic) bond motifs is 12. The summed E-state index contributed by atoms with van der Waals surface area (Å²) in [7, 11) is 0. The maximum Gasteiger partial charge on any atom is 0.138 e. The van der Waals surface area contributed by atoms with Gasteiger partial charge >= 0.3 is 0 Å². The molecule has 59 heavy (non-hydrogen) atoms. The first-order valence-corrected chi connectivity index (χ1v) is 19.9. The van der Waals surface area contributed by atoms with Gasteiger partial charge in [-0.05, 0) is 90.5 Å². The number of benzene rings is 9. The summed E-state index contributed by atoms with van der Waals surface area (Å²) in [6.07, 6.45) is 0. The third kappa shape index (κ3) is 4.73. The molecule has 0 fully saturated rings. The molecule has 0 spiro atoms. The summed E-state index contributed by atoms with van der Waals surface area (Å²) in [6, 6.07) is 68.3. The Balaban J connectivity index is 1.03. The van der Waals surface area contributed by atoms with Crippen LogP contribution in [0.2, 0.25) is 0 Å². The predicted octanol–water partition coefficient (Wildman–Crippen LogP) is 15.6. The predicted molar refractivity (Wildman–Crippen MR) is 243 cm³/mol. The molecule has 5 heteroatoms. The first-order valence-electron chi connectivity index (χ1n) is 19.9. The normalized spacial score (nSPS) is 12.1. The molecular formula is C54H32N2O3. The van der Waals surface area contributed by atoms with Crippen LogP contribution in [0.4, 0.5) is 17.1 Å². The van der Waals surface area contributed by atoms with Crippen molar-refractivity contribution in [2.45, 2.75) is 0 Å². The van der Waals surface area contributed by atoms with E-state index in [2.05, 4.69) is 173 Å². The van der Waals surface area contributed by atoms with E-state index in [0.29, 0.717) is 0 Å². The highest BCUT2D eigenvalue weighted by Crippen LogP contribution is 2.47. The van der Waals surface area contributed by atoms with E-state index in [9.17, 15) is 0 Å². The van der Waals surface area contributed by atoms with Crippen LogP contribution >= 0.6 is 0 Å². The van der Waals surface area contributed by atoms with E-state index in [1.807, 2.05) is 30.3 Å². The molecule has 0 aliphatic carbocycles. The standard InChI is InChI=1S/C54H32N2O3/c1-2-12-34(13-3-1)55(37-27-29-41-39-15-6-10-20-47(39)58-50(41)31-37)35-23-25-36(26-24-35)56-44-18-8-4-16-42(44)53-45(56)32-51-54(43-17-7-11-21-48(43)59-51)52(53)33-22-28-40-38-14-5-9-19-46(38)57-49(40)30-33/h1-32H. The van der Waals surface area contributed by atoms with Crippen LogP contribution in [0, 0.1) is 0 Å². The molecule has 0 amide bonds. The second kappa shape index (κ2) is 12.2. The lowest BCUT2D eigenvalue weighted by Crippen LogP contribution is -2.09. The molecule has 13 aromatic rings. The Labute approximate surface area is 337 Å². The molecule has 276 valence electrons. The van der Waals surface area contributed by atoms with Crippen molar-refractivity contribution >= 4 is 105 Å². The number of para-hydroxylation sites is 5. The van der Waals surface area contributed by atoms with Crippen molar-refractivity contribution in [2.75, 3.05) is 4.90 Å². The molecule has 4 heterocycles. The topological polar surface area (TPSA) is 47.6 Å². The van der Waals surface area contributed by atoms with Gasteiger partial charge in [0.2, 0.25) is 0 Å². The smallest absolute Gasteiger partial charge is 0.138 e. The van der Waals surface area contributed by atoms with Crippen molar-refractivity contribution in [3.8, 4) is 16.8 Å². The van der Waals surface area contributed by atoms with E-state index >= 15 is 0 Å². The zero-order valence-corrected chi connectivity index (χ0v) is 31.6. The van der Waals surface area contributed by atoms with Gasteiger partial charge in [-0.3, -0.25) is 0 Å². The maximum absolute atomic E-state index is 6.69. The molecule has 0 aliphatic heterocycles. The van der Waals surface area contributed by atoms with Crippen LogP contribution in [0.5, 0.6) is 0 Å². The van der Waals surface area contributed by atoms with Gasteiger partial charge in [-0.1, -0.05) is 97.1 Å². The van der Waals surface area contributed by atoms with Gasteiger partial charge in [0, 0.05) is 83.5 Å². The fraction of sp³-hybridized carbons (Fsp3) is 0. The molecule has 0 unspecified atom stereocenters. The van der Waals surface area contributed by atoms with Crippen molar-refractivity contribution in [2.24, 2.45) is 0 Å². The first-order chi connectivity index (χ1) is 29.2. The Morgan fingerprint density at radius 2 is 0.847 bits per heavy atom. The van der Waals surface area contributed by atoms with Crippen LogP contribution in [-0.4, -0.2) is 4.57 Å². The lowest BCUT2D eigenvalue weighted by molar-refractivity contribution is 0.668. The Morgan fingerprint density at radius 3 is 1.58 bits per heavy atom. The van der Waals surface area contributed by atoms with Crippen molar-refractivity contribution in [3.63, 3.8) is 0 Å². The summed E-state index contributed by atoms with van der Waals surface area (Å²) < 4.78 is 21.9. The minimum absolute atomic E-state index is 0.843. The summed E-state index contributed by atoms with van der Waals surface area (Å²) in [5, 5.41) is 8.98. The first kappa shape index (κ1) is 32.1. The second-order valence-corrected chi connectivity index (χ2v) is 15.2. The number of aromatic nitrogens is 1. The molecule has 0 saturated carbocycles. The molecule has 0 N–H and O–H groups in total. The van der Waals surface area contributed by atoms with Crippen molar-refractivity contribution in [1.29, 1.82) is 0 Å². The van der Waals surface area contributed by atoms with Crippen molar-refractivity contribution in [3.05, 3.63) is 194 Å². The lowest BCUT2D eigenvalue weighted by atomic mass is 9.93. The Kier molecular flexibility index (Phi) is 6.66. The maximum atomic E-state index is 6.69. The van der Waals surface area contributed by atoms with E-state index in [4.69, 9.17) is 13.3 Å². The highest BCUT2D eigenvalue weighted by molar-refractivity contribution is 6.27. The fourth-order valence-electron chi connectivity index (χ4n) is 9.41. The molecule has 13 rings (SSSR count). The van der Waals surface area contributed by atoms with Gasteiger partial charge in [-0.25, -0.2) is 0 Å². The quantitative estimate of drug-likeness (QED) is 0.175. The minimum Gasteiger partial charge on any atom is -0.456 e. The Bertz CT molecular complexity index is 3790. The fourth-order valence-corrected chi connectivity index (χ4v) is 9.41. The average molecular weight is 757 g/mol. The number of hydrogen-bond acceptors (Lipinski definition) is 4. The second-order valence-electron chi connectivity index (χ2n) is 15.2. The van der Waals surface area contributed by atoms with Gasteiger partial charge in [0.05, 0.1) is 11.0 Å². The number of furan rings is 3. The van der Waals surface area contributed by atoms with E-state index in [1.54, 1.807) is 0 Å². The molecule has 0 radical (unpaired) electrons. The van der Waals surface area contributed by atoms with Crippen LogP contribution in [0.1, 0.15) is 0 Å². The highest BCUT2D eigenvalue weighted by Gasteiger charge is 2.24. The van der Waals surface area contributed by atoms with Gasteiger partial charge in [-0.2, -0.15) is 0 Å². The largest absolute Gasteiger partial charge is 0.456 e. The average Bonchev–Trinajstić information content (AvgIpc) is 4.05. The van der Waals surface area contributed by atoms with Crippen molar-refractivity contribution in [1.82, 2.24) is 4.57 Å². The summed E-state index contributed by atoms with van der Waals surface area (Å²) in [4.78, 5) is 2.28. The minimum atomic E-state index is 0.843. The van der Waals surface area contributed by atoms with Gasteiger partial charge in [0.1, 0.15) is 33.5 Å². The molecule has 9 aromatic carbocycles. The highest BCUT2D eigenvalue weighted by atomic mass is 16.3. The van der Waals surface area contributed by atoms with Crippen LogP contribution in [0.25, 0.3) is 104 Å². The molecule has 5 nitrogen and oxygen atoms in total. The van der Waals surface area contributed by atoms with E-state index < -0.39 is 0 Å². The van der Waals surface area contributed by atoms with Crippen LogP contribution in [-0.2, 0) is 0 Å². The molecule has 0 aliphatic rings. The zero-order valence-electron chi connectivity index (χ0n) is 31.6. The number of hydrogen-bond donors (Lipinski definition) is 0. The molecular weight excluding hydrogens is 725 g/mol. The van der Waals surface area contributed by atoms with E-state index in [-0.39, 0.29) is 0 Å². The summed E-state index contributed by atoms with van der Waals surface area (Å²) in [6.45, 7) is 0. The monoisotopic (exact) mass is 756 g/mol. The molecule has 0 saturated heterocycles. The van der Waals surface area contributed by atoms with E-state index in [0.717, 1.165) is 111 Å². The van der Waals surface area contributed by atoms with Gasteiger partial charge in [-0.15, -0.1) is 0 Å². The zero-order chi connectivity index (χ0) is 38.6. The lowest BCUT2D eigenvalue weighted by Gasteiger charge is -2.25. The SMILES string of the molecule is c1ccc(N(c2ccc(-n3c4ccccc4c4c(-c5ccc6c(c5)oc5ccccc56)c5c(cc43)oc3ccccc35)cc2)c2ccc3c(c2)oc2ccccc23)cc1. The molecule has 4 aromatic heterocycles. The number of rotatable bonds is 5. The Morgan fingerprint density at radius 1 is 0.322 bits per heavy atom. The van der Waals surface area contributed by atoms with Gasteiger partial charge < -0.3 is 22.7 Å². The molecule has 0 bridgehead atoms. The van der Waals surface area contributed by atoms with Crippen LogP contribution in [0.3, 0.4) is 0 Å². The van der Waals surface area contributed by atoms with Crippen molar-refractivity contribution < 1.29 is 13.3 Å². The summed E-state index contributed by atoms with van der Waals surface area (Å²) in [5.41, 5.74) is 13.8. The van der Waals surface area contributed by atoms with Gasteiger partial charge in [0.15, 0.2) is 0 Å². The molecule has 0 atom stereocenters. The summed E-state index contributed by atoms with van der Waals surface area (Å²) >= 11 is 0. The van der Waals surface area contributed by atoms with E-state index in [1.165, 1.54) is 10.8 Å².